The first-order valence-electron chi connectivity index (χ1n) is 13.2. The molecule has 0 aliphatic rings. The zero-order chi connectivity index (χ0) is 25.8. The average molecular weight is 498 g/mol. The Morgan fingerprint density at radius 2 is 1.17 bits per heavy atom. The molecule has 0 bridgehead atoms. The number of carbonyl (C=O) groups excluding carboxylic acids is 2. The lowest BCUT2D eigenvalue weighted by atomic mass is 10.0. The van der Waals surface area contributed by atoms with Gasteiger partial charge in [-0.15, -0.1) is 0 Å². The van der Waals surface area contributed by atoms with Gasteiger partial charge in [0.25, 0.3) is 5.69 Å². The summed E-state index contributed by atoms with van der Waals surface area (Å²) in [4.78, 5) is 33.9. The van der Waals surface area contributed by atoms with Crippen molar-refractivity contribution in [3.8, 4) is 5.75 Å². The number of nitro benzene ring substituents is 1. The van der Waals surface area contributed by atoms with E-state index in [0.717, 1.165) is 32.1 Å². The second-order valence-corrected chi connectivity index (χ2v) is 9.07. The van der Waals surface area contributed by atoms with Crippen molar-refractivity contribution in [3.05, 3.63) is 70.3 Å². The standard InChI is InChI=1S/C29H39NO6/c31-28(36-27-22-20-26(21-23-27)30(33)34)19-15-10-8-6-4-2-1-3-5-7-9-11-16-24-35-29(32)25-17-13-12-14-18-25/h12-14,17-18,20-23H,1-11,15-16,19,24H2. The molecular formula is C29H39NO6. The van der Waals surface area contributed by atoms with E-state index in [4.69, 9.17) is 9.47 Å². The molecule has 2 aromatic rings. The number of non-ortho nitro benzene ring substituents is 1. The quantitative estimate of drug-likeness (QED) is 0.0645. The number of nitrogens with zero attached hydrogens (tertiary/aromatic N) is 1. The van der Waals surface area contributed by atoms with E-state index in [1.54, 1.807) is 12.1 Å². The van der Waals surface area contributed by atoms with Crippen molar-refractivity contribution >= 4 is 17.6 Å². The fourth-order valence-electron chi connectivity index (χ4n) is 3.96. The van der Waals surface area contributed by atoms with Crippen LogP contribution in [0.4, 0.5) is 5.69 Å². The van der Waals surface area contributed by atoms with Crippen LogP contribution in [-0.4, -0.2) is 23.5 Å². The number of nitro groups is 1. The van der Waals surface area contributed by atoms with Crippen molar-refractivity contribution in [2.45, 2.75) is 89.9 Å². The highest BCUT2D eigenvalue weighted by atomic mass is 16.6. The third-order valence-electron chi connectivity index (χ3n) is 6.05. The van der Waals surface area contributed by atoms with E-state index in [2.05, 4.69) is 0 Å². The molecule has 2 rings (SSSR count). The monoisotopic (exact) mass is 497 g/mol. The van der Waals surface area contributed by atoms with Crippen molar-refractivity contribution in [3.63, 3.8) is 0 Å². The number of carbonyl (C=O) groups is 2. The first-order valence-corrected chi connectivity index (χ1v) is 13.2. The molecule has 0 saturated carbocycles. The van der Waals surface area contributed by atoms with Crippen molar-refractivity contribution in [1.82, 2.24) is 0 Å². The molecule has 0 aliphatic carbocycles. The molecule has 0 aliphatic heterocycles. The largest absolute Gasteiger partial charge is 0.462 e. The second-order valence-electron chi connectivity index (χ2n) is 9.07. The number of unbranched alkanes of at least 4 members (excludes halogenated alkanes) is 12. The van der Waals surface area contributed by atoms with Gasteiger partial charge in [0, 0.05) is 18.6 Å². The van der Waals surface area contributed by atoms with Gasteiger partial charge in [-0.05, 0) is 37.1 Å². The van der Waals surface area contributed by atoms with Gasteiger partial charge in [-0.25, -0.2) is 4.79 Å². The Hall–Kier alpha value is -3.22. The third-order valence-corrected chi connectivity index (χ3v) is 6.05. The van der Waals surface area contributed by atoms with Gasteiger partial charge in [0.1, 0.15) is 5.75 Å². The predicted octanol–water partition coefficient (Wildman–Crippen LogP) is 7.82. The zero-order valence-electron chi connectivity index (χ0n) is 21.2. The number of benzene rings is 2. The average Bonchev–Trinajstić information content (AvgIpc) is 2.89. The van der Waals surface area contributed by atoms with Gasteiger partial charge >= 0.3 is 11.9 Å². The molecule has 0 aromatic heterocycles. The van der Waals surface area contributed by atoms with E-state index in [-0.39, 0.29) is 17.6 Å². The zero-order valence-corrected chi connectivity index (χ0v) is 21.2. The van der Waals surface area contributed by atoms with E-state index >= 15 is 0 Å². The smallest absolute Gasteiger partial charge is 0.338 e. The lowest BCUT2D eigenvalue weighted by Crippen LogP contribution is -2.07. The molecule has 0 N–H and O–H groups in total. The molecule has 0 atom stereocenters. The maximum atomic E-state index is 11.9. The van der Waals surface area contributed by atoms with Crippen LogP contribution in [0.25, 0.3) is 0 Å². The molecule has 0 heterocycles. The Labute approximate surface area is 214 Å². The van der Waals surface area contributed by atoms with E-state index < -0.39 is 4.92 Å². The fourth-order valence-corrected chi connectivity index (χ4v) is 3.96. The summed E-state index contributed by atoms with van der Waals surface area (Å²) in [7, 11) is 0. The van der Waals surface area contributed by atoms with Crippen molar-refractivity contribution in [2.24, 2.45) is 0 Å². The normalized spacial score (nSPS) is 10.7. The van der Waals surface area contributed by atoms with Gasteiger partial charge in [0.05, 0.1) is 17.1 Å². The highest BCUT2D eigenvalue weighted by Crippen LogP contribution is 2.18. The first kappa shape index (κ1) is 29.0. The van der Waals surface area contributed by atoms with Gasteiger partial charge in [-0.2, -0.15) is 0 Å². The molecule has 0 unspecified atom stereocenters. The minimum atomic E-state index is -0.482. The van der Waals surface area contributed by atoms with Crippen LogP contribution < -0.4 is 4.74 Å². The summed E-state index contributed by atoms with van der Waals surface area (Å²) in [5.41, 5.74) is 0.588. The van der Waals surface area contributed by atoms with Gasteiger partial charge in [-0.3, -0.25) is 14.9 Å². The number of rotatable bonds is 19. The molecule has 0 saturated heterocycles. The van der Waals surface area contributed by atoms with Gasteiger partial charge in [0.2, 0.25) is 0 Å². The van der Waals surface area contributed by atoms with E-state index in [0.29, 0.717) is 24.3 Å². The lowest BCUT2D eigenvalue weighted by molar-refractivity contribution is -0.384. The van der Waals surface area contributed by atoms with Crippen LogP contribution in [0.5, 0.6) is 5.75 Å². The van der Waals surface area contributed by atoms with Crippen molar-refractivity contribution in [2.75, 3.05) is 6.61 Å². The molecular weight excluding hydrogens is 458 g/mol. The number of ether oxygens (including phenoxy) is 2. The molecule has 7 heteroatoms. The van der Waals surface area contributed by atoms with Crippen molar-refractivity contribution < 1.29 is 24.0 Å². The van der Waals surface area contributed by atoms with E-state index in [1.807, 2.05) is 18.2 Å². The molecule has 2 aromatic carbocycles. The number of hydrogen-bond acceptors (Lipinski definition) is 6. The van der Waals surface area contributed by atoms with Crippen LogP contribution in [0.15, 0.2) is 54.6 Å². The van der Waals surface area contributed by atoms with Gasteiger partial charge in [-0.1, -0.05) is 88.8 Å². The molecule has 0 radical (unpaired) electrons. The summed E-state index contributed by atoms with van der Waals surface area (Å²) in [5.74, 6) is -0.190. The Morgan fingerprint density at radius 3 is 1.69 bits per heavy atom. The first-order chi connectivity index (χ1) is 17.6. The van der Waals surface area contributed by atoms with Crippen LogP contribution >= 0.6 is 0 Å². The fraction of sp³-hybridized carbons (Fsp3) is 0.517. The molecule has 0 amide bonds. The van der Waals surface area contributed by atoms with Gasteiger partial charge in [0.15, 0.2) is 0 Å². The summed E-state index contributed by atoms with van der Waals surface area (Å²) in [5, 5.41) is 10.6. The lowest BCUT2D eigenvalue weighted by Gasteiger charge is -2.05. The molecule has 0 fully saturated rings. The molecule has 7 nitrogen and oxygen atoms in total. The molecule has 0 spiro atoms. The molecule has 196 valence electrons. The maximum Gasteiger partial charge on any atom is 0.338 e. The topological polar surface area (TPSA) is 95.7 Å². The minimum absolute atomic E-state index is 0.0225. The Bertz CT molecular complexity index is 898. The van der Waals surface area contributed by atoms with Crippen LogP contribution in [-0.2, 0) is 9.53 Å². The summed E-state index contributed by atoms with van der Waals surface area (Å²) < 4.78 is 10.5. The van der Waals surface area contributed by atoms with E-state index in [1.165, 1.54) is 75.6 Å². The van der Waals surface area contributed by atoms with Crippen molar-refractivity contribution in [1.29, 1.82) is 0 Å². The third kappa shape index (κ3) is 13.0. The van der Waals surface area contributed by atoms with Crippen LogP contribution in [0.3, 0.4) is 0 Å². The Morgan fingerprint density at radius 1 is 0.667 bits per heavy atom. The van der Waals surface area contributed by atoms with Crippen LogP contribution in [0.2, 0.25) is 0 Å². The summed E-state index contributed by atoms with van der Waals surface area (Å²) in [6.45, 7) is 0.495. The second kappa shape index (κ2) is 18.1. The van der Waals surface area contributed by atoms with Gasteiger partial charge < -0.3 is 9.47 Å². The Balaban J connectivity index is 1.31. The van der Waals surface area contributed by atoms with Crippen LogP contribution in [0, 0.1) is 10.1 Å². The molecule has 36 heavy (non-hydrogen) atoms. The highest BCUT2D eigenvalue weighted by Gasteiger charge is 2.08. The van der Waals surface area contributed by atoms with E-state index in [9.17, 15) is 19.7 Å². The Kier molecular flexibility index (Phi) is 14.6. The summed E-state index contributed by atoms with van der Waals surface area (Å²) in [6.07, 6.45) is 15.3. The number of hydrogen-bond donors (Lipinski definition) is 0. The number of esters is 2. The van der Waals surface area contributed by atoms with Crippen LogP contribution in [0.1, 0.15) is 100 Å². The maximum absolute atomic E-state index is 11.9. The SMILES string of the molecule is O=C(CCCCCCCCCCCCCCCOC(=O)c1ccccc1)Oc1ccc([N+](=O)[O-])cc1. The highest BCUT2D eigenvalue weighted by molar-refractivity contribution is 5.89. The minimum Gasteiger partial charge on any atom is -0.462 e. The summed E-state index contributed by atoms with van der Waals surface area (Å²) >= 11 is 0. The predicted molar refractivity (Wildman–Crippen MR) is 140 cm³/mol. The summed E-state index contributed by atoms with van der Waals surface area (Å²) in [6, 6.07) is 14.7.